The van der Waals surface area contributed by atoms with Gasteiger partial charge >= 0.3 is 12.0 Å². The molecule has 0 spiro atoms. The maximum Gasteiger partial charge on any atom is 0.337 e. The lowest BCUT2D eigenvalue weighted by molar-refractivity contribution is 0.0600. The van der Waals surface area contributed by atoms with Gasteiger partial charge in [0.1, 0.15) is 6.10 Å². The van der Waals surface area contributed by atoms with Gasteiger partial charge in [0.25, 0.3) is 0 Å². The molecule has 2 aromatic rings. The maximum atomic E-state index is 12.7. The van der Waals surface area contributed by atoms with Crippen molar-refractivity contribution in [2.24, 2.45) is 0 Å². The van der Waals surface area contributed by atoms with Crippen LogP contribution in [-0.2, 0) is 14.8 Å². The lowest BCUT2D eigenvalue weighted by Crippen LogP contribution is -2.41. The highest BCUT2D eigenvalue weighted by atomic mass is 32.2. The molecule has 138 valence electrons. The quantitative estimate of drug-likeness (QED) is 0.728. The summed E-state index contributed by atoms with van der Waals surface area (Å²) in [5, 5.41) is 0. The summed E-state index contributed by atoms with van der Waals surface area (Å²) in [6.07, 6.45) is 4.18. The zero-order valence-corrected chi connectivity index (χ0v) is 15.1. The minimum absolute atomic E-state index is 0.120. The second-order valence-electron chi connectivity index (χ2n) is 5.77. The molecule has 1 aromatic carbocycles. The number of aromatic nitrogens is 2. The Labute approximate surface area is 151 Å². The molecule has 0 N–H and O–H groups in total. The molecule has 9 heteroatoms. The monoisotopic (exact) mass is 377 g/mol. The van der Waals surface area contributed by atoms with Gasteiger partial charge in [-0.1, -0.05) is 0 Å². The number of piperidine rings is 1. The average Bonchev–Trinajstić information content (AvgIpc) is 2.68. The number of ether oxygens (including phenoxy) is 2. The zero-order chi connectivity index (χ0) is 18.6. The first-order valence-electron chi connectivity index (χ1n) is 8.13. The van der Waals surface area contributed by atoms with Crippen molar-refractivity contribution < 1.29 is 22.7 Å². The normalized spacial score (nSPS) is 16.2. The molecular weight excluding hydrogens is 358 g/mol. The van der Waals surface area contributed by atoms with Crippen LogP contribution in [0.15, 0.2) is 47.6 Å². The van der Waals surface area contributed by atoms with Crippen molar-refractivity contribution in [1.29, 1.82) is 0 Å². The van der Waals surface area contributed by atoms with E-state index in [0.717, 1.165) is 0 Å². The maximum absolute atomic E-state index is 12.7. The van der Waals surface area contributed by atoms with Crippen molar-refractivity contribution in [2.75, 3.05) is 20.2 Å². The Morgan fingerprint density at radius 1 is 1.12 bits per heavy atom. The molecule has 1 saturated heterocycles. The Bertz CT molecular complexity index is 848. The first-order valence-corrected chi connectivity index (χ1v) is 9.57. The smallest absolute Gasteiger partial charge is 0.337 e. The van der Waals surface area contributed by atoms with Crippen molar-refractivity contribution >= 4 is 16.0 Å². The Hall–Kier alpha value is -2.52. The summed E-state index contributed by atoms with van der Waals surface area (Å²) in [7, 11) is -2.34. The van der Waals surface area contributed by atoms with Gasteiger partial charge in [-0.15, -0.1) is 0 Å². The Kier molecular flexibility index (Phi) is 5.48. The van der Waals surface area contributed by atoms with Crippen molar-refractivity contribution in [3.8, 4) is 6.01 Å². The van der Waals surface area contributed by atoms with E-state index in [9.17, 15) is 13.2 Å². The van der Waals surface area contributed by atoms with Crippen molar-refractivity contribution in [3.05, 3.63) is 48.3 Å². The molecule has 0 radical (unpaired) electrons. The van der Waals surface area contributed by atoms with Gasteiger partial charge in [-0.05, 0) is 43.2 Å². The van der Waals surface area contributed by atoms with Gasteiger partial charge in [0.15, 0.2) is 0 Å². The minimum atomic E-state index is -3.61. The van der Waals surface area contributed by atoms with E-state index >= 15 is 0 Å². The van der Waals surface area contributed by atoms with Crippen molar-refractivity contribution in [1.82, 2.24) is 14.3 Å². The van der Waals surface area contributed by atoms with Crippen LogP contribution in [0.25, 0.3) is 0 Å². The summed E-state index contributed by atoms with van der Waals surface area (Å²) in [5.74, 6) is -0.505. The third-order valence-corrected chi connectivity index (χ3v) is 6.04. The molecule has 0 unspecified atom stereocenters. The van der Waals surface area contributed by atoms with Gasteiger partial charge < -0.3 is 9.47 Å². The summed E-state index contributed by atoms with van der Waals surface area (Å²) < 4.78 is 37.2. The first kappa shape index (κ1) is 18.3. The lowest BCUT2D eigenvalue weighted by Gasteiger charge is -2.30. The Balaban J connectivity index is 1.63. The van der Waals surface area contributed by atoms with Crippen molar-refractivity contribution in [3.63, 3.8) is 0 Å². The van der Waals surface area contributed by atoms with E-state index in [1.54, 1.807) is 18.5 Å². The second-order valence-corrected chi connectivity index (χ2v) is 7.71. The van der Waals surface area contributed by atoms with E-state index in [-0.39, 0.29) is 11.0 Å². The molecule has 0 saturated carbocycles. The molecule has 0 aliphatic carbocycles. The third-order valence-electron chi connectivity index (χ3n) is 4.13. The van der Waals surface area contributed by atoms with Gasteiger partial charge in [-0.25, -0.2) is 23.2 Å². The molecule has 8 nitrogen and oxygen atoms in total. The zero-order valence-electron chi connectivity index (χ0n) is 14.2. The largest absolute Gasteiger partial charge is 0.465 e. The van der Waals surface area contributed by atoms with E-state index < -0.39 is 16.0 Å². The lowest BCUT2D eigenvalue weighted by atomic mass is 10.1. The fraction of sp³-hybridized carbons (Fsp3) is 0.353. The predicted octanol–water partition coefficient (Wildman–Crippen LogP) is 1.50. The topological polar surface area (TPSA) is 98.7 Å². The van der Waals surface area contributed by atoms with Gasteiger partial charge in [-0.3, -0.25) is 0 Å². The molecule has 1 aromatic heterocycles. The SMILES string of the molecule is COC(=O)c1ccc(S(=O)(=O)N2CCC(Oc3ncccn3)CC2)cc1. The van der Waals surface area contributed by atoms with Crippen LogP contribution in [-0.4, -0.2) is 55.0 Å². The fourth-order valence-electron chi connectivity index (χ4n) is 2.72. The molecule has 0 bridgehead atoms. The highest BCUT2D eigenvalue weighted by Crippen LogP contribution is 2.23. The molecule has 1 fully saturated rings. The summed E-state index contributed by atoms with van der Waals surface area (Å²) in [5.41, 5.74) is 0.307. The summed E-state index contributed by atoms with van der Waals surface area (Å²) >= 11 is 0. The number of sulfonamides is 1. The fourth-order valence-corrected chi connectivity index (χ4v) is 4.19. The van der Waals surface area contributed by atoms with E-state index in [2.05, 4.69) is 14.7 Å². The van der Waals surface area contributed by atoms with Gasteiger partial charge in [0.2, 0.25) is 10.0 Å². The van der Waals surface area contributed by atoms with Crippen molar-refractivity contribution in [2.45, 2.75) is 23.8 Å². The van der Waals surface area contributed by atoms with Crippen LogP contribution in [0.3, 0.4) is 0 Å². The van der Waals surface area contributed by atoms with Crippen LogP contribution < -0.4 is 4.74 Å². The number of benzene rings is 1. The number of nitrogens with zero attached hydrogens (tertiary/aromatic N) is 3. The van der Waals surface area contributed by atoms with Crippen LogP contribution in [0.1, 0.15) is 23.2 Å². The van der Waals surface area contributed by atoms with E-state index in [1.807, 2.05) is 0 Å². The number of hydrogen-bond donors (Lipinski definition) is 0. The molecule has 3 rings (SSSR count). The van der Waals surface area contributed by atoms with Gasteiger partial charge in [-0.2, -0.15) is 4.31 Å². The van der Waals surface area contributed by atoms with Crippen LogP contribution >= 0.6 is 0 Å². The molecule has 0 amide bonds. The Morgan fingerprint density at radius 3 is 2.31 bits per heavy atom. The number of carbonyl (C=O) groups is 1. The number of methoxy groups -OCH3 is 1. The van der Waals surface area contributed by atoms with Gasteiger partial charge in [0, 0.05) is 25.5 Å². The standard InChI is InChI=1S/C17H19N3O5S/c1-24-16(21)13-3-5-15(6-4-13)26(22,23)20-11-7-14(8-12-20)25-17-18-9-2-10-19-17/h2-6,9-10,14H,7-8,11-12H2,1H3. The van der Waals surface area contributed by atoms with E-state index in [1.165, 1.54) is 35.7 Å². The predicted molar refractivity (Wildman–Crippen MR) is 92.2 cm³/mol. The number of esters is 1. The number of hydrogen-bond acceptors (Lipinski definition) is 7. The van der Waals surface area contributed by atoms with Crippen LogP contribution in [0.2, 0.25) is 0 Å². The molecular formula is C17H19N3O5S. The van der Waals surface area contributed by atoms with Crippen LogP contribution in [0.5, 0.6) is 6.01 Å². The minimum Gasteiger partial charge on any atom is -0.465 e. The summed E-state index contributed by atoms with van der Waals surface area (Å²) in [6.45, 7) is 0.692. The first-order chi connectivity index (χ1) is 12.5. The molecule has 2 heterocycles. The highest BCUT2D eigenvalue weighted by Gasteiger charge is 2.30. The highest BCUT2D eigenvalue weighted by molar-refractivity contribution is 7.89. The van der Waals surface area contributed by atoms with E-state index in [0.29, 0.717) is 37.5 Å². The molecule has 1 aliphatic heterocycles. The summed E-state index contributed by atoms with van der Waals surface area (Å²) in [4.78, 5) is 19.6. The molecule has 26 heavy (non-hydrogen) atoms. The third kappa shape index (κ3) is 4.00. The number of carbonyl (C=O) groups excluding carboxylic acids is 1. The average molecular weight is 377 g/mol. The van der Waals surface area contributed by atoms with Gasteiger partial charge in [0.05, 0.1) is 17.6 Å². The van der Waals surface area contributed by atoms with Crippen LogP contribution in [0, 0.1) is 0 Å². The summed E-state index contributed by atoms with van der Waals surface area (Å²) in [6, 6.07) is 7.73. The van der Waals surface area contributed by atoms with Crippen LogP contribution in [0.4, 0.5) is 0 Å². The molecule has 1 aliphatic rings. The van der Waals surface area contributed by atoms with E-state index in [4.69, 9.17) is 4.74 Å². The second kappa shape index (κ2) is 7.79. The molecule has 0 atom stereocenters. The number of rotatable bonds is 5. The Morgan fingerprint density at radius 2 is 1.73 bits per heavy atom.